The van der Waals surface area contributed by atoms with Crippen LogP contribution in [-0.2, 0) is 14.3 Å². The van der Waals surface area contributed by atoms with Gasteiger partial charge in [0.15, 0.2) is 6.61 Å². The summed E-state index contributed by atoms with van der Waals surface area (Å²) in [5.41, 5.74) is -0.195. The number of para-hydroxylation sites is 2. The summed E-state index contributed by atoms with van der Waals surface area (Å²) in [6.07, 6.45) is 0.492. The smallest absolute Gasteiger partial charge is 0.306 e. The maximum atomic E-state index is 11.8. The molecule has 0 aliphatic carbocycles. The standard InChI is InChI=1S/C19H20N2O7/c1-26-14-8-10-15(11-9-14)27-12-4-7-19(23)28-13-18(22)20-16-5-2-3-6-17(16)21(24)25/h2-3,5-6,8-11H,4,7,12-13H2,1H3,(H,20,22). The van der Waals surface area contributed by atoms with E-state index in [0.29, 0.717) is 18.8 Å². The largest absolute Gasteiger partial charge is 0.497 e. The molecule has 1 N–H and O–H groups in total. The first-order valence-corrected chi connectivity index (χ1v) is 8.45. The zero-order chi connectivity index (χ0) is 20.4. The van der Waals surface area contributed by atoms with Gasteiger partial charge in [0.05, 0.1) is 18.6 Å². The zero-order valence-electron chi connectivity index (χ0n) is 15.3. The number of benzene rings is 2. The lowest BCUT2D eigenvalue weighted by Gasteiger charge is -2.08. The number of rotatable bonds is 10. The Labute approximate surface area is 161 Å². The molecule has 0 saturated carbocycles. The number of nitro groups is 1. The molecule has 0 heterocycles. The van der Waals surface area contributed by atoms with Crippen LogP contribution >= 0.6 is 0 Å². The topological polar surface area (TPSA) is 117 Å². The summed E-state index contributed by atoms with van der Waals surface area (Å²) in [6.45, 7) is -0.214. The SMILES string of the molecule is COc1ccc(OCCCC(=O)OCC(=O)Nc2ccccc2[N+](=O)[O-])cc1. The molecule has 9 heteroatoms. The fourth-order valence-corrected chi connectivity index (χ4v) is 2.22. The fourth-order valence-electron chi connectivity index (χ4n) is 2.22. The Morgan fingerprint density at radius 3 is 2.43 bits per heavy atom. The van der Waals surface area contributed by atoms with E-state index in [2.05, 4.69) is 5.32 Å². The van der Waals surface area contributed by atoms with Gasteiger partial charge in [-0.1, -0.05) is 12.1 Å². The number of hydrogen-bond acceptors (Lipinski definition) is 7. The number of nitrogens with one attached hydrogen (secondary N) is 1. The van der Waals surface area contributed by atoms with Crippen LogP contribution in [0.2, 0.25) is 0 Å². The molecule has 28 heavy (non-hydrogen) atoms. The van der Waals surface area contributed by atoms with Crippen molar-refractivity contribution in [3.63, 3.8) is 0 Å². The van der Waals surface area contributed by atoms with Gasteiger partial charge in [0.1, 0.15) is 17.2 Å². The molecule has 0 bridgehead atoms. The molecule has 0 atom stereocenters. The van der Waals surface area contributed by atoms with Gasteiger partial charge < -0.3 is 19.5 Å². The highest BCUT2D eigenvalue weighted by molar-refractivity contribution is 5.94. The second kappa shape index (κ2) is 10.5. The number of nitro benzene ring substituents is 1. The number of methoxy groups -OCH3 is 1. The van der Waals surface area contributed by atoms with Gasteiger partial charge in [-0.3, -0.25) is 19.7 Å². The van der Waals surface area contributed by atoms with Crippen molar-refractivity contribution in [3.05, 3.63) is 58.6 Å². The molecule has 148 valence electrons. The molecule has 2 aromatic carbocycles. The van der Waals surface area contributed by atoms with E-state index in [0.717, 1.165) is 5.75 Å². The van der Waals surface area contributed by atoms with Crippen LogP contribution in [0, 0.1) is 10.1 Å². The Morgan fingerprint density at radius 1 is 1.07 bits per heavy atom. The first kappa shape index (κ1) is 20.7. The molecule has 0 saturated heterocycles. The molecule has 0 unspecified atom stereocenters. The van der Waals surface area contributed by atoms with E-state index in [1.165, 1.54) is 18.2 Å². The quantitative estimate of drug-likeness (QED) is 0.288. The van der Waals surface area contributed by atoms with Crippen LogP contribution in [0.15, 0.2) is 48.5 Å². The van der Waals surface area contributed by atoms with Crippen LogP contribution < -0.4 is 14.8 Å². The lowest BCUT2D eigenvalue weighted by atomic mass is 10.2. The van der Waals surface area contributed by atoms with Crippen LogP contribution in [0.4, 0.5) is 11.4 Å². The summed E-state index contributed by atoms with van der Waals surface area (Å²) in [5, 5.41) is 13.3. The Morgan fingerprint density at radius 2 is 1.75 bits per heavy atom. The summed E-state index contributed by atoms with van der Waals surface area (Å²) < 4.78 is 15.4. The summed E-state index contributed by atoms with van der Waals surface area (Å²) in [5.74, 6) is 0.154. The predicted octanol–water partition coefficient (Wildman–Crippen LogP) is 2.94. The minimum Gasteiger partial charge on any atom is -0.497 e. The second-order valence-corrected chi connectivity index (χ2v) is 5.61. The van der Waals surface area contributed by atoms with Gasteiger partial charge in [0.25, 0.3) is 11.6 Å². The van der Waals surface area contributed by atoms with E-state index >= 15 is 0 Å². The average Bonchev–Trinajstić information content (AvgIpc) is 2.70. The first-order valence-electron chi connectivity index (χ1n) is 8.45. The zero-order valence-corrected chi connectivity index (χ0v) is 15.3. The van der Waals surface area contributed by atoms with Crippen molar-refractivity contribution in [1.82, 2.24) is 0 Å². The van der Waals surface area contributed by atoms with Gasteiger partial charge in [-0.15, -0.1) is 0 Å². The lowest BCUT2D eigenvalue weighted by Crippen LogP contribution is -2.21. The average molecular weight is 388 g/mol. The normalized spacial score (nSPS) is 10.0. The van der Waals surface area contributed by atoms with Crippen molar-refractivity contribution in [1.29, 1.82) is 0 Å². The molecule has 0 aliphatic rings. The van der Waals surface area contributed by atoms with E-state index in [4.69, 9.17) is 14.2 Å². The number of carbonyl (C=O) groups is 2. The minimum absolute atomic E-state index is 0.0430. The Bertz CT molecular complexity index is 821. The third-order valence-electron chi connectivity index (χ3n) is 3.59. The monoisotopic (exact) mass is 388 g/mol. The lowest BCUT2D eigenvalue weighted by molar-refractivity contribution is -0.383. The van der Waals surface area contributed by atoms with Crippen molar-refractivity contribution < 1.29 is 28.7 Å². The van der Waals surface area contributed by atoms with Crippen molar-refractivity contribution in [2.45, 2.75) is 12.8 Å². The van der Waals surface area contributed by atoms with Crippen LogP contribution in [-0.4, -0.2) is 37.1 Å². The van der Waals surface area contributed by atoms with Crippen molar-refractivity contribution >= 4 is 23.3 Å². The molecular formula is C19H20N2O7. The number of nitrogens with zero attached hydrogens (tertiary/aromatic N) is 1. The van der Waals surface area contributed by atoms with Gasteiger partial charge in [0, 0.05) is 12.5 Å². The van der Waals surface area contributed by atoms with E-state index in [-0.39, 0.29) is 17.8 Å². The van der Waals surface area contributed by atoms with Gasteiger partial charge in [-0.2, -0.15) is 0 Å². The van der Waals surface area contributed by atoms with Crippen molar-refractivity contribution in [2.24, 2.45) is 0 Å². The number of hydrogen-bond donors (Lipinski definition) is 1. The Balaban J connectivity index is 1.66. The highest BCUT2D eigenvalue weighted by Crippen LogP contribution is 2.23. The van der Waals surface area contributed by atoms with Crippen molar-refractivity contribution in [2.75, 3.05) is 25.6 Å². The van der Waals surface area contributed by atoms with Gasteiger partial charge >= 0.3 is 5.97 Å². The van der Waals surface area contributed by atoms with Crippen LogP contribution in [0.5, 0.6) is 11.5 Å². The predicted molar refractivity (Wildman–Crippen MR) is 100 cm³/mol. The van der Waals surface area contributed by atoms with Gasteiger partial charge in [-0.25, -0.2) is 0 Å². The number of carbonyl (C=O) groups excluding carboxylic acids is 2. The molecule has 2 rings (SSSR count). The van der Waals surface area contributed by atoms with Gasteiger partial charge in [0.2, 0.25) is 0 Å². The van der Waals surface area contributed by atoms with Crippen LogP contribution in [0.1, 0.15) is 12.8 Å². The highest BCUT2D eigenvalue weighted by atomic mass is 16.6. The molecule has 2 aromatic rings. The summed E-state index contributed by atoms with van der Waals surface area (Å²) >= 11 is 0. The summed E-state index contributed by atoms with van der Waals surface area (Å²) in [7, 11) is 1.57. The Kier molecular flexibility index (Phi) is 7.77. The number of amides is 1. The molecule has 9 nitrogen and oxygen atoms in total. The second-order valence-electron chi connectivity index (χ2n) is 5.61. The number of anilines is 1. The molecule has 0 aromatic heterocycles. The number of ether oxygens (including phenoxy) is 3. The molecule has 0 radical (unpaired) electrons. The molecule has 0 aliphatic heterocycles. The van der Waals surface area contributed by atoms with Crippen LogP contribution in [0.25, 0.3) is 0 Å². The van der Waals surface area contributed by atoms with E-state index in [1.54, 1.807) is 37.4 Å². The van der Waals surface area contributed by atoms with E-state index < -0.39 is 23.4 Å². The molecule has 1 amide bonds. The summed E-state index contributed by atoms with van der Waals surface area (Å²) in [4.78, 5) is 33.8. The molecule has 0 spiro atoms. The van der Waals surface area contributed by atoms with Crippen LogP contribution in [0.3, 0.4) is 0 Å². The summed E-state index contributed by atoms with van der Waals surface area (Å²) in [6, 6.07) is 12.7. The maximum Gasteiger partial charge on any atom is 0.306 e. The van der Waals surface area contributed by atoms with E-state index in [1.807, 2.05) is 0 Å². The Hall–Kier alpha value is -3.62. The first-order chi connectivity index (χ1) is 13.5. The third-order valence-corrected chi connectivity index (χ3v) is 3.59. The number of esters is 1. The van der Waals surface area contributed by atoms with E-state index in [9.17, 15) is 19.7 Å². The van der Waals surface area contributed by atoms with Gasteiger partial charge in [-0.05, 0) is 36.8 Å². The third kappa shape index (κ3) is 6.60. The molecular weight excluding hydrogens is 368 g/mol. The maximum absolute atomic E-state index is 11.8. The fraction of sp³-hybridized carbons (Fsp3) is 0.263. The minimum atomic E-state index is -0.655. The highest BCUT2D eigenvalue weighted by Gasteiger charge is 2.15. The molecule has 0 fully saturated rings. The van der Waals surface area contributed by atoms with Crippen molar-refractivity contribution in [3.8, 4) is 11.5 Å².